The molecule has 0 atom stereocenters. The molecule has 1 rings (SSSR count). The van der Waals surface area contributed by atoms with Crippen LogP contribution in [0.15, 0.2) is 18.3 Å². The highest BCUT2D eigenvalue weighted by atomic mass is 16.1. The average Bonchev–Trinajstić information content (AvgIpc) is 2.17. The van der Waals surface area contributed by atoms with Crippen molar-refractivity contribution in [2.45, 2.75) is 0 Å². The lowest BCUT2D eigenvalue weighted by Crippen LogP contribution is -2.19. The van der Waals surface area contributed by atoms with Gasteiger partial charge in [-0.2, -0.15) is 0 Å². The topological polar surface area (TPSA) is 54.0 Å². The Kier molecular flexibility index (Phi) is 2.63. The summed E-state index contributed by atoms with van der Waals surface area (Å²) in [6.07, 6.45) is 1.59. The second kappa shape index (κ2) is 3.71. The van der Waals surface area contributed by atoms with Crippen molar-refractivity contribution in [2.75, 3.05) is 19.4 Å². The van der Waals surface area contributed by atoms with Gasteiger partial charge in [-0.1, -0.05) is 0 Å². The molecule has 0 saturated heterocycles. The molecule has 0 saturated carbocycles. The van der Waals surface area contributed by atoms with Crippen molar-refractivity contribution in [1.29, 1.82) is 0 Å². The van der Waals surface area contributed by atoms with Crippen LogP contribution >= 0.6 is 0 Å². The number of hydrogen-bond donors (Lipinski definition) is 2. The Labute approximate surface area is 71.0 Å². The fourth-order valence-electron chi connectivity index (χ4n) is 0.838. The monoisotopic (exact) mass is 165 g/mol. The minimum absolute atomic E-state index is 0.174. The number of rotatable bonds is 2. The number of nitrogens with one attached hydrogen (secondary N) is 2. The third-order valence-corrected chi connectivity index (χ3v) is 1.51. The number of anilines is 1. The van der Waals surface area contributed by atoms with Crippen LogP contribution < -0.4 is 10.6 Å². The zero-order valence-electron chi connectivity index (χ0n) is 7.09. The van der Waals surface area contributed by atoms with E-state index in [4.69, 9.17) is 0 Å². The number of amides is 1. The number of hydrogen-bond acceptors (Lipinski definition) is 3. The molecule has 1 heterocycles. The molecule has 0 bridgehead atoms. The van der Waals surface area contributed by atoms with Gasteiger partial charge < -0.3 is 10.6 Å². The summed E-state index contributed by atoms with van der Waals surface area (Å²) in [6.45, 7) is 0. The van der Waals surface area contributed by atoms with Gasteiger partial charge in [-0.3, -0.25) is 9.78 Å². The SMILES string of the molecule is CNC(=O)c1cc(NC)ccn1. The first kappa shape index (κ1) is 8.52. The molecule has 64 valence electrons. The summed E-state index contributed by atoms with van der Waals surface area (Å²) in [5, 5.41) is 5.43. The first-order chi connectivity index (χ1) is 5.77. The van der Waals surface area contributed by atoms with Gasteiger partial charge >= 0.3 is 0 Å². The third-order valence-electron chi connectivity index (χ3n) is 1.51. The summed E-state index contributed by atoms with van der Waals surface area (Å²) in [4.78, 5) is 15.0. The fraction of sp³-hybridized carbons (Fsp3) is 0.250. The molecule has 1 aromatic heterocycles. The summed E-state index contributed by atoms with van der Waals surface area (Å²) >= 11 is 0. The highest BCUT2D eigenvalue weighted by molar-refractivity contribution is 5.92. The molecule has 0 aliphatic rings. The van der Waals surface area contributed by atoms with Crippen molar-refractivity contribution in [1.82, 2.24) is 10.3 Å². The Bertz CT molecular complexity index is 285. The first-order valence-electron chi connectivity index (χ1n) is 3.64. The quantitative estimate of drug-likeness (QED) is 0.670. The van der Waals surface area contributed by atoms with Crippen LogP contribution in [0.3, 0.4) is 0 Å². The van der Waals surface area contributed by atoms with Crippen molar-refractivity contribution < 1.29 is 4.79 Å². The third kappa shape index (κ3) is 1.72. The van der Waals surface area contributed by atoms with E-state index in [9.17, 15) is 4.79 Å². The number of carbonyl (C=O) groups excluding carboxylic acids is 1. The van der Waals surface area contributed by atoms with Crippen LogP contribution in [0.1, 0.15) is 10.5 Å². The summed E-state index contributed by atoms with van der Waals surface area (Å²) in [5.74, 6) is -0.174. The molecule has 0 aliphatic heterocycles. The summed E-state index contributed by atoms with van der Waals surface area (Å²) in [6, 6.07) is 3.49. The highest BCUT2D eigenvalue weighted by Gasteiger charge is 2.03. The van der Waals surface area contributed by atoms with Crippen LogP contribution in [0.5, 0.6) is 0 Å². The van der Waals surface area contributed by atoms with E-state index in [1.165, 1.54) is 0 Å². The maximum atomic E-state index is 11.1. The zero-order chi connectivity index (χ0) is 8.97. The molecule has 0 radical (unpaired) electrons. The fourth-order valence-corrected chi connectivity index (χ4v) is 0.838. The molecular weight excluding hydrogens is 154 g/mol. The van der Waals surface area contributed by atoms with E-state index in [1.54, 1.807) is 32.4 Å². The Hall–Kier alpha value is -1.58. The molecule has 12 heavy (non-hydrogen) atoms. The van der Waals surface area contributed by atoms with Crippen LogP contribution in [0.4, 0.5) is 5.69 Å². The highest BCUT2D eigenvalue weighted by Crippen LogP contribution is 2.05. The number of aromatic nitrogens is 1. The summed E-state index contributed by atoms with van der Waals surface area (Å²) in [5.41, 5.74) is 1.30. The molecule has 1 amide bonds. The minimum atomic E-state index is -0.174. The number of nitrogens with zero attached hydrogens (tertiary/aromatic N) is 1. The largest absolute Gasteiger partial charge is 0.388 e. The lowest BCUT2D eigenvalue weighted by atomic mass is 10.3. The van der Waals surface area contributed by atoms with Gasteiger partial charge in [-0.05, 0) is 12.1 Å². The van der Waals surface area contributed by atoms with Crippen molar-refractivity contribution in [3.8, 4) is 0 Å². The van der Waals surface area contributed by atoms with Crippen LogP contribution in [0, 0.1) is 0 Å². The lowest BCUT2D eigenvalue weighted by molar-refractivity contribution is 0.0958. The Morgan fingerprint density at radius 2 is 2.25 bits per heavy atom. The van der Waals surface area contributed by atoms with E-state index in [0.717, 1.165) is 5.69 Å². The molecule has 1 aromatic rings. The maximum absolute atomic E-state index is 11.1. The predicted octanol–water partition coefficient (Wildman–Crippen LogP) is 0.483. The van der Waals surface area contributed by atoms with E-state index < -0.39 is 0 Å². The van der Waals surface area contributed by atoms with E-state index in [-0.39, 0.29) is 5.91 Å². The van der Waals surface area contributed by atoms with Crippen molar-refractivity contribution in [3.63, 3.8) is 0 Å². The lowest BCUT2D eigenvalue weighted by Gasteiger charge is -2.01. The molecule has 0 aromatic carbocycles. The van der Waals surface area contributed by atoms with Gasteiger partial charge in [-0.15, -0.1) is 0 Å². The normalized spacial score (nSPS) is 9.17. The second-order valence-electron chi connectivity index (χ2n) is 2.26. The Morgan fingerprint density at radius 1 is 1.50 bits per heavy atom. The molecule has 0 unspecified atom stereocenters. The molecule has 0 aliphatic carbocycles. The molecular formula is C8H11N3O. The predicted molar refractivity (Wildman–Crippen MR) is 47.2 cm³/mol. The van der Waals surface area contributed by atoms with Crippen LogP contribution in [0.25, 0.3) is 0 Å². The van der Waals surface area contributed by atoms with Gasteiger partial charge in [0.05, 0.1) is 0 Å². The number of carbonyl (C=O) groups is 1. The molecule has 4 heteroatoms. The van der Waals surface area contributed by atoms with Crippen LogP contribution in [-0.2, 0) is 0 Å². The molecule has 4 nitrogen and oxygen atoms in total. The number of pyridine rings is 1. The average molecular weight is 165 g/mol. The van der Waals surface area contributed by atoms with Gasteiger partial charge in [0.1, 0.15) is 5.69 Å². The summed E-state index contributed by atoms with van der Waals surface area (Å²) in [7, 11) is 3.37. The molecule has 0 fully saturated rings. The van der Waals surface area contributed by atoms with Gasteiger partial charge in [0.15, 0.2) is 0 Å². The van der Waals surface area contributed by atoms with E-state index in [0.29, 0.717) is 5.69 Å². The standard InChI is InChI=1S/C8H11N3O/c1-9-6-3-4-11-7(5-6)8(12)10-2/h3-5H,1-2H3,(H,9,11)(H,10,12). The van der Waals surface area contributed by atoms with Gasteiger partial charge in [0.25, 0.3) is 5.91 Å². The van der Waals surface area contributed by atoms with E-state index in [1.807, 2.05) is 0 Å². The zero-order valence-corrected chi connectivity index (χ0v) is 7.09. The van der Waals surface area contributed by atoms with Gasteiger partial charge in [-0.25, -0.2) is 0 Å². The Balaban J connectivity index is 2.93. The van der Waals surface area contributed by atoms with E-state index in [2.05, 4.69) is 15.6 Å². The van der Waals surface area contributed by atoms with Crippen molar-refractivity contribution >= 4 is 11.6 Å². The van der Waals surface area contributed by atoms with Crippen molar-refractivity contribution in [3.05, 3.63) is 24.0 Å². The van der Waals surface area contributed by atoms with Gasteiger partial charge in [0.2, 0.25) is 0 Å². The van der Waals surface area contributed by atoms with E-state index >= 15 is 0 Å². The summed E-state index contributed by atoms with van der Waals surface area (Å²) < 4.78 is 0. The molecule has 2 N–H and O–H groups in total. The molecule has 0 spiro atoms. The minimum Gasteiger partial charge on any atom is -0.388 e. The van der Waals surface area contributed by atoms with Gasteiger partial charge in [0, 0.05) is 26.0 Å². The Morgan fingerprint density at radius 3 is 2.83 bits per heavy atom. The van der Waals surface area contributed by atoms with Crippen LogP contribution in [0.2, 0.25) is 0 Å². The van der Waals surface area contributed by atoms with Crippen LogP contribution in [-0.4, -0.2) is 25.0 Å². The first-order valence-corrected chi connectivity index (χ1v) is 3.64. The van der Waals surface area contributed by atoms with Crippen molar-refractivity contribution in [2.24, 2.45) is 0 Å². The second-order valence-corrected chi connectivity index (χ2v) is 2.26. The maximum Gasteiger partial charge on any atom is 0.269 e. The smallest absolute Gasteiger partial charge is 0.269 e.